The number of rotatable bonds is 14. The number of thiazole rings is 3. The Morgan fingerprint density at radius 2 is 0.792 bits per heavy atom. The van der Waals surface area contributed by atoms with Crippen LogP contribution >= 0.6 is 170 Å². The minimum absolute atomic E-state index is 0.230. The molecule has 634 valence electrons. The van der Waals surface area contributed by atoms with Gasteiger partial charge in [-0.15, -0.1) is 0 Å². The zero-order valence-corrected chi connectivity index (χ0v) is 80.5. The van der Waals surface area contributed by atoms with Crippen molar-refractivity contribution < 1.29 is 14.4 Å². The van der Waals surface area contributed by atoms with Crippen LogP contribution in [0.1, 0.15) is 24.2 Å². The molecule has 0 aliphatic heterocycles. The Bertz CT molecular complexity index is 6580. The first-order chi connectivity index (χ1) is 60.3. The summed E-state index contributed by atoms with van der Waals surface area (Å²) in [7, 11) is 0. The summed E-state index contributed by atoms with van der Waals surface area (Å²) in [6.07, 6.45) is 25.2. The number of nitrogens with zero attached hydrogens (tertiary/aromatic N) is 16. The Hall–Kier alpha value is -11.8. The molecule has 0 bridgehead atoms. The molecule has 0 saturated carbocycles. The van der Waals surface area contributed by atoms with Crippen LogP contribution in [-0.2, 0) is 0 Å². The predicted octanol–water partition coefficient (Wildman–Crippen LogP) is 21.0. The van der Waals surface area contributed by atoms with Gasteiger partial charge in [-0.3, -0.25) is 25.7 Å². The van der Waals surface area contributed by atoms with Crippen molar-refractivity contribution in [2.75, 3.05) is 51.6 Å². The third-order valence-electron chi connectivity index (χ3n) is 16.4. The van der Waals surface area contributed by atoms with Gasteiger partial charge in [-0.05, 0) is 234 Å². The predicted molar refractivity (Wildman–Crippen MR) is 534 cm³/mol. The average molecular weight is 2210 g/mol. The van der Waals surface area contributed by atoms with Gasteiger partial charge < -0.3 is 44.2 Å². The van der Waals surface area contributed by atoms with E-state index in [1.807, 2.05) is 215 Å². The summed E-state index contributed by atoms with van der Waals surface area (Å²) in [6, 6.07) is 58.2. The van der Waals surface area contributed by atoms with E-state index in [-0.39, 0.29) is 28.2 Å². The summed E-state index contributed by atoms with van der Waals surface area (Å²) < 4.78 is 20.3. The van der Waals surface area contributed by atoms with E-state index in [0.717, 1.165) is 130 Å². The van der Waals surface area contributed by atoms with Crippen molar-refractivity contribution in [1.29, 1.82) is 0 Å². The molecule has 15 N–H and O–H groups in total. The molecule has 10 aromatic heterocycles. The standard InChI is InChI=1S/C18H16N6OS.C17H13BrN4OS.C13H12BrN5OS.C10H7BrN4S.C10H9BrN4S.C9H8BrN3.C6H5Br2N/c1-2-20-17(25)23-18-22-15-10-13(24-8-4-7-21-24)9-14(16(15)26-18)12-5-3-6-19-11-12;18-13-9-14(11-15(10-13)22-8-4-7-19-22)20-17(24)21-16(23)12-5-2-1-3-6-12;1-2-15-12(20)18-13-17-10-7-8(19-5-3-4-16-19)6-9(14)11(10)21-13;11-7-4-6(15-3-1-2-13-15)5-8-9(7)16-10(12)14-8;11-7-4-8(14-10(12)16)6-9(5-7)15-3-1-2-13-15;10-7-4-8(11)6-9(5-7)13-3-1-2-12-13;7-4-1-5(8)3-6(9)2-4/h3-11H,2H2,1H3,(H2,20,22,23,25);1-11H,(H2,20,21,23,24);3-7H,2H2,1H3,(H2,15,17,18,20);1-5H,(H2,12,14);1-6H,(H3,12,14,16);1-6H,11H2;1-3H,9H2. The van der Waals surface area contributed by atoms with Crippen LogP contribution in [-0.4, -0.2) is 120 Å². The summed E-state index contributed by atoms with van der Waals surface area (Å²) in [5.41, 5.74) is 35.9. The van der Waals surface area contributed by atoms with Crippen molar-refractivity contribution in [3.63, 3.8) is 0 Å². The Morgan fingerprint density at radius 1 is 0.400 bits per heavy atom. The van der Waals surface area contributed by atoms with E-state index in [9.17, 15) is 14.4 Å². The summed E-state index contributed by atoms with van der Waals surface area (Å²) in [5.74, 6) is -0.254. The Labute approximate surface area is 796 Å². The second-order valence-electron chi connectivity index (χ2n) is 25.5. The van der Waals surface area contributed by atoms with Crippen molar-refractivity contribution in [3.8, 4) is 45.3 Å². The third-order valence-corrected chi connectivity index (χ3v) is 23.7. The number of fused-ring (bicyclic) bond motifs is 3. The first kappa shape index (κ1) is 92.4. The van der Waals surface area contributed by atoms with Crippen molar-refractivity contribution in [2.24, 2.45) is 5.73 Å². The van der Waals surface area contributed by atoms with E-state index < -0.39 is 0 Å². The van der Waals surface area contributed by atoms with Crippen LogP contribution in [0.25, 0.3) is 75.9 Å². The molecule has 5 amide bonds. The lowest BCUT2D eigenvalue weighted by molar-refractivity contribution is 0.0977. The molecule has 125 heavy (non-hydrogen) atoms. The SMILES string of the molecule is CCNC(=O)Nc1nc2cc(-n3cccn3)cc(-c3cccnc3)c2s1.CCNC(=O)Nc1nc2cc(-n3cccn3)cc(Br)c2s1.NC(=S)Nc1cc(Br)cc(-n2cccn2)c1.Nc1cc(Br)cc(-n2cccn2)c1.Nc1cc(Br)cc(Br)c1.Nc1nc2cc(-n3cccn3)cc(Br)c2s1.O=C(NC(=S)Nc1cc(Br)cc(-n2cccn2)c1)c1ccccc1. The number of carbonyl (C=O) groups excluding carboxylic acids is 3. The van der Waals surface area contributed by atoms with E-state index in [1.54, 1.807) is 95.7 Å². The number of anilines is 7. The first-order valence-electron chi connectivity index (χ1n) is 36.9. The number of carbonyl (C=O) groups is 3. The van der Waals surface area contributed by atoms with Gasteiger partial charge in [-0.2, -0.15) is 30.6 Å². The molecular formula is C83H70Br7N27O3S5. The molecule has 0 fully saturated rings. The Balaban J connectivity index is 0.000000135. The summed E-state index contributed by atoms with van der Waals surface area (Å²) >= 11 is 38.3. The average Bonchev–Trinajstić information content (AvgIpc) is 1.65. The minimum atomic E-state index is -0.262. The topological polar surface area (TPSA) is 398 Å². The molecule has 42 heteroatoms. The number of thiocarbonyl (C=S) groups is 2. The second kappa shape index (κ2) is 45.2. The molecule has 0 aliphatic rings. The van der Waals surface area contributed by atoms with Crippen LogP contribution in [0.15, 0.2) is 306 Å². The lowest BCUT2D eigenvalue weighted by atomic mass is 10.1. The monoisotopic (exact) mass is 2200 g/mol. The van der Waals surface area contributed by atoms with Crippen LogP contribution in [0.4, 0.5) is 47.7 Å². The summed E-state index contributed by atoms with van der Waals surface area (Å²) in [6.45, 7) is 4.87. The molecular weight excluding hydrogens is 2140 g/mol. The molecule has 0 aliphatic carbocycles. The van der Waals surface area contributed by atoms with Crippen molar-refractivity contribution >= 4 is 267 Å². The number of hydrogen-bond donors (Lipinski definition) is 11. The molecule has 0 saturated heterocycles. The van der Waals surface area contributed by atoms with Gasteiger partial charge in [-0.25, -0.2) is 52.6 Å². The molecule has 0 atom stereocenters. The second-order valence-corrected chi connectivity index (χ2v) is 35.7. The minimum Gasteiger partial charge on any atom is -0.399 e. The highest BCUT2D eigenvalue weighted by molar-refractivity contribution is 9.11. The number of nitrogen functional groups attached to an aromatic ring is 3. The van der Waals surface area contributed by atoms with E-state index in [1.165, 1.54) is 34.0 Å². The Morgan fingerprint density at radius 3 is 1.21 bits per heavy atom. The van der Waals surface area contributed by atoms with Gasteiger partial charge in [0.25, 0.3) is 5.91 Å². The van der Waals surface area contributed by atoms with Crippen molar-refractivity contribution in [1.82, 2.24) is 94.6 Å². The smallest absolute Gasteiger partial charge is 0.321 e. The molecule has 0 radical (unpaired) electrons. The molecule has 10 heterocycles. The lowest BCUT2D eigenvalue weighted by Gasteiger charge is -2.11. The normalized spacial score (nSPS) is 10.5. The number of aromatic nitrogens is 16. The van der Waals surface area contributed by atoms with Crippen molar-refractivity contribution in [2.45, 2.75) is 13.8 Å². The maximum absolute atomic E-state index is 12.1. The number of nitrogens with one attached hydrogen (secondary N) is 7. The molecule has 0 spiro atoms. The van der Waals surface area contributed by atoms with Crippen LogP contribution in [0.5, 0.6) is 0 Å². The maximum atomic E-state index is 12.1. The largest absolute Gasteiger partial charge is 0.399 e. The fraction of sp³-hybridized carbons (Fsp3) is 0.0482. The van der Waals surface area contributed by atoms with Gasteiger partial charge in [0.1, 0.15) is 0 Å². The van der Waals surface area contributed by atoms with Crippen LogP contribution < -0.4 is 60.2 Å². The van der Waals surface area contributed by atoms with Gasteiger partial charge in [0, 0.05) is 171 Å². The zero-order valence-electron chi connectivity index (χ0n) is 65.3. The Kier molecular flexibility index (Phi) is 33.4. The van der Waals surface area contributed by atoms with Gasteiger partial charge in [0.15, 0.2) is 25.6 Å². The quantitative estimate of drug-likeness (QED) is 0.0356. The molecule has 18 aromatic rings. The van der Waals surface area contributed by atoms with Gasteiger partial charge in [-0.1, -0.05) is 138 Å². The number of urea groups is 2. The lowest BCUT2D eigenvalue weighted by Crippen LogP contribution is -2.34. The van der Waals surface area contributed by atoms with Crippen molar-refractivity contribution in [3.05, 3.63) is 312 Å². The molecule has 8 aromatic carbocycles. The number of benzene rings is 8. The van der Waals surface area contributed by atoms with Crippen LogP contribution in [0.2, 0.25) is 0 Å². The number of amides is 5. The van der Waals surface area contributed by atoms with Crippen LogP contribution in [0.3, 0.4) is 0 Å². The highest BCUT2D eigenvalue weighted by Gasteiger charge is 2.18. The number of pyridine rings is 1. The first-order valence-corrected chi connectivity index (χ1v) is 45.7. The number of hydrogen-bond acceptors (Lipinski definition) is 21. The van der Waals surface area contributed by atoms with E-state index in [0.29, 0.717) is 34.0 Å². The zero-order chi connectivity index (χ0) is 88.5. The maximum Gasteiger partial charge on any atom is 0.321 e. The molecule has 18 rings (SSSR count). The summed E-state index contributed by atoms with van der Waals surface area (Å²) in [4.78, 5) is 53.0. The summed E-state index contributed by atoms with van der Waals surface area (Å²) in [5, 5.41) is 46.8. The molecule has 0 unspecified atom stereocenters. The number of halogens is 7. The van der Waals surface area contributed by atoms with E-state index in [4.69, 9.17) is 47.4 Å². The molecule has 30 nitrogen and oxygen atoms in total. The van der Waals surface area contributed by atoms with E-state index >= 15 is 0 Å². The fourth-order valence-electron chi connectivity index (χ4n) is 11.3. The van der Waals surface area contributed by atoms with E-state index in [2.05, 4.69) is 205 Å². The van der Waals surface area contributed by atoms with Crippen LogP contribution in [0, 0.1) is 0 Å². The van der Waals surface area contributed by atoms with Gasteiger partial charge in [0.05, 0.1) is 64.8 Å². The van der Waals surface area contributed by atoms with Gasteiger partial charge >= 0.3 is 12.1 Å². The fourth-order valence-corrected chi connectivity index (χ4v) is 18.3. The number of nitrogens with two attached hydrogens (primary N) is 4. The third kappa shape index (κ3) is 27.1. The highest BCUT2D eigenvalue weighted by atomic mass is 79.9. The van der Waals surface area contributed by atoms with Gasteiger partial charge in [0.2, 0.25) is 0 Å². The highest BCUT2D eigenvalue weighted by Crippen LogP contribution is 2.39.